The van der Waals surface area contributed by atoms with Gasteiger partial charge >= 0.3 is 0 Å². The van der Waals surface area contributed by atoms with E-state index in [4.69, 9.17) is 9.47 Å². The Labute approximate surface area is 147 Å². The van der Waals surface area contributed by atoms with E-state index in [1.807, 2.05) is 20.8 Å². The fraction of sp³-hybridized carbons (Fsp3) is 0.444. The van der Waals surface area contributed by atoms with Gasteiger partial charge in [0.15, 0.2) is 16.6 Å². The maximum atomic E-state index is 12.4. The molecule has 5 nitrogen and oxygen atoms in total. The van der Waals surface area contributed by atoms with Crippen LogP contribution in [0.3, 0.4) is 0 Å². The molecule has 0 bridgehead atoms. The fourth-order valence-electron chi connectivity index (χ4n) is 2.06. The molecule has 130 valence electrons. The van der Waals surface area contributed by atoms with Crippen LogP contribution in [0.2, 0.25) is 0 Å². The number of hydrogen-bond donors (Lipinski definition) is 1. The number of amides is 1. The van der Waals surface area contributed by atoms with Crippen LogP contribution < -0.4 is 14.8 Å². The first-order chi connectivity index (χ1) is 11.5. The van der Waals surface area contributed by atoms with Crippen molar-refractivity contribution in [3.8, 4) is 11.5 Å². The minimum absolute atomic E-state index is 0.204. The molecule has 0 saturated carbocycles. The predicted octanol–water partition coefficient (Wildman–Crippen LogP) is 4.59. The normalized spacial score (nSPS) is 10.5. The summed E-state index contributed by atoms with van der Waals surface area (Å²) < 4.78 is 11.3. The van der Waals surface area contributed by atoms with Gasteiger partial charge in [-0.2, -0.15) is 0 Å². The first-order valence-corrected chi connectivity index (χ1v) is 9.01. The summed E-state index contributed by atoms with van der Waals surface area (Å²) in [6, 6.07) is 5.24. The SMILES string of the molecule is CCCCOc1ccc(C(=O)Nc2nc(C)c(C)s2)cc1OCC. The van der Waals surface area contributed by atoms with Gasteiger partial charge in [-0.15, -0.1) is 11.3 Å². The van der Waals surface area contributed by atoms with Gasteiger partial charge in [0.05, 0.1) is 18.9 Å². The van der Waals surface area contributed by atoms with Gasteiger partial charge in [-0.05, 0) is 45.4 Å². The molecule has 0 saturated heterocycles. The lowest BCUT2D eigenvalue weighted by atomic mass is 10.2. The van der Waals surface area contributed by atoms with Gasteiger partial charge in [0.25, 0.3) is 5.91 Å². The molecule has 0 aliphatic heterocycles. The average Bonchev–Trinajstić information content (AvgIpc) is 2.87. The van der Waals surface area contributed by atoms with Crippen LogP contribution in [0.25, 0.3) is 0 Å². The van der Waals surface area contributed by atoms with Gasteiger partial charge in [-0.1, -0.05) is 13.3 Å². The molecule has 0 aliphatic carbocycles. The second kappa shape index (κ2) is 8.68. The smallest absolute Gasteiger partial charge is 0.257 e. The Kier molecular flexibility index (Phi) is 6.61. The first-order valence-electron chi connectivity index (χ1n) is 8.20. The molecular weight excluding hydrogens is 324 g/mol. The maximum Gasteiger partial charge on any atom is 0.257 e. The molecule has 0 unspecified atom stereocenters. The van der Waals surface area contributed by atoms with Gasteiger partial charge in [0.1, 0.15) is 0 Å². The highest BCUT2D eigenvalue weighted by molar-refractivity contribution is 7.15. The van der Waals surface area contributed by atoms with Crippen molar-refractivity contribution in [2.75, 3.05) is 18.5 Å². The number of carbonyl (C=O) groups is 1. The Hall–Kier alpha value is -2.08. The van der Waals surface area contributed by atoms with Crippen LogP contribution in [0.4, 0.5) is 5.13 Å². The fourth-order valence-corrected chi connectivity index (χ4v) is 2.87. The van der Waals surface area contributed by atoms with Crippen molar-refractivity contribution in [2.24, 2.45) is 0 Å². The molecule has 1 amide bonds. The van der Waals surface area contributed by atoms with Crippen LogP contribution in [0.5, 0.6) is 11.5 Å². The number of aryl methyl sites for hydroxylation is 2. The number of rotatable bonds is 8. The van der Waals surface area contributed by atoms with Gasteiger partial charge in [0, 0.05) is 10.4 Å². The summed E-state index contributed by atoms with van der Waals surface area (Å²) in [5.74, 6) is 1.06. The lowest BCUT2D eigenvalue weighted by Crippen LogP contribution is -2.12. The highest BCUT2D eigenvalue weighted by Gasteiger charge is 2.14. The second-order valence-corrected chi connectivity index (χ2v) is 6.61. The molecule has 0 aliphatic rings. The van der Waals surface area contributed by atoms with E-state index in [2.05, 4.69) is 17.2 Å². The summed E-state index contributed by atoms with van der Waals surface area (Å²) in [5.41, 5.74) is 1.46. The summed E-state index contributed by atoms with van der Waals surface area (Å²) in [7, 11) is 0. The van der Waals surface area contributed by atoms with E-state index >= 15 is 0 Å². The quantitative estimate of drug-likeness (QED) is 0.709. The third-order valence-electron chi connectivity index (χ3n) is 3.51. The molecular formula is C18H24N2O3S. The molecule has 1 aromatic carbocycles. The number of nitrogens with one attached hydrogen (secondary N) is 1. The van der Waals surface area contributed by atoms with Crippen LogP contribution in [0.1, 0.15) is 47.6 Å². The summed E-state index contributed by atoms with van der Waals surface area (Å²) >= 11 is 1.47. The Balaban J connectivity index is 2.13. The number of ether oxygens (including phenoxy) is 2. The Bertz CT molecular complexity index is 678. The molecule has 6 heteroatoms. The van der Waals surface area contributed by atoms with Crippen molar-refractivity contribution >= 4 is 22.4 Å². The number of unbranched alkanes of at least 4 members (excludes halogenated alkanes) is 1. The van der Waals surface area contributed by atoms with Gasteiger partial charge in [0.2, 0.25) is 0 Å². The molecule has 24 heavy (non-hydrogen) atoms. The maximum absolute atomic E-state index is 12.4. The van der Waals surface area contributed by atoms with Crippen molar-refractivity contribution in [3.63, 3.8) is 0 Å². The topological polar surface area (TPSA) is 60.5 Å². The highest BCUT2D eigenvalue weighted by Crippen LogP contribution is 2.29. The monoisotopic (exact) mass is 348 g/mol. The van der Waals surface area contributed by atoms with Crippen molar-refractivity contribution in [2.45, 2.75) is 40.5 Å². The molecule has 2 aromatic rings. The van der Waals surface area contributed by atoms with Crippen LogP contribution in [-0.2, 0) is 0 Å². The third kappa shape index (κ3) is 4.71. The van der Waals surface area contributed by atoms with Crippen molar-refractivity contribution in [3.05, 3.63) is 34.3 Å². The number of carbonyl (C=O) groups excluding carboxylic acids is 1. The molecule has 1 aromatic heterocycles. The first kappa shape index (κ1) is 18.3. The molecule has 2 rings (SSSR count). The van der Waals surface area contributed by atoms with Crippen LogP contribution in [0, 0.1) is 13.8 Å². The standard InChI is InChI=1S/C18H24N2O3S/c1-5-7-10-23-15-9-8-14(11-16(15)22-6-2)17(21)20-18-19-12(3)13(4)24-18/h8-9,11H,5-7,10H2,1-4H3,(H,19,20,21). The molecule has 0 spiro atoms. The minimum atomic E-state index is -0.204. The zero-order valence-electron chi connectivity index (χ0n) is 14.6. The zero-order valence-corrected chi connectivity index (χ0v) is 15.5. The van der Waals surface area contributed by atoms with Crippen LogP contribution in [0.15, 0.2) is 18.2 Å². The summed E-state index contributed by atoms with van der Waals surface area (Å²) in [6.07, 6.45) is 2.05. The molecule has 1 N–H and O–H groups in total. The van der Waals surface area contributed by atoms with E-state index in [-0.39, 0.29) is 5.91 Å². The van der Waals surface area contributed by atoms with E-state index in [9.17, 15) is 4.79 Å². The number of hydrogen-bond acceptors (Lipinski definition) is 5. The van der Waals surface area contributed by atoms with Gasteiger partial charge in [-0.25, -0.2) is 4.98 Å². The molecule has 0 atom stereocenters. The Morgan fingerprint density at radius 1 is 1.21 bits per heavy atom. The molecule has 1 heterocycles. The average molecular weight is 348 g/mol. The Morgan fingerprint density at radius 3 is 2.62 bits per heavy atom. The van der Waals surface area contributed by atoms with E-state index in [0.29, 0.717) is 35.4 Å². The molecule has 0 radical (unpaired) electrons. The van der Waals surface area contributed by atoms with Crippen LogP contribution >= 0.6 is 11.3 Å². The number of nitrogens with zero attached hydrogens (tertiary/aromatic N) is 1. The van der Waals surface area contributed by atoms with E-state index in [1.165, 1.54) is 11.3 Å². The second-order valence-electron chi connectivity index (χ2n) is 5.41. The predicted molar refractivity (Wildman–Crippen MR) is 97.6 cm³/mol. The van der Waals surface area contributed by atoms with E-state index in [1.54, 1.807) is 18.2 Å². The van der Waals surface area contributed by atoms with E-state index in [0.717, 1.165) is 23.4 Å². The number of benzene rings is 1. The lowest BCUT2D eigenvalue weighted by molar-refractivity contribution is 0.102. The highest BCUT2D eigenvalue weighted by atomic mass is 32.1. The number of anilines is 1. The van der Waals surface area contributed by atoms with Crippen molar-refractivity contribution in [1.82, 2.24) is 4.98 Å². The lowest BCUT2D eigenvalue weighted by Gasteiger charge is -2.13. The summed E-state index contributed by atoms with van der Waals surface area (Å²) in [6.45, 7) is 9.08. The molecule has 0 fully saturated rings. The van der Waals surface area contributed by atoms with Crippen molar-refractivity contribution in [1.29, 1.82) is 0 Å². The van der Waals surface area contributed by atoms with Gasteiger partial charge < -0.3 is 9.47 Å². The Morgan fingerprint density at radius 2 is 2.00 bits per heavy atom. The zero-order chi connectivity index (χ0) is 17.5. The summed E-state index contributed by atoms with van der Waals surface area (Å²) in [5, 5.41) is 3.44. The van der Waals surface area contributed by atoms with Crippen molar-refractivity contribution < 1.29 is 14.3 Å². The summed E-state index contributed by atoms with van der Waals surface area (Å²) in [4.78, 5) is 17.9. The number of thiazole rings is 1. The van der Waals surface area contributed by atoms with Gasteiger partial charge in [-0.3, -0.25) is 10.1 Å². The van der Waals surface area contributed by atoms with E-state index < -0.39 is 0 Å². The third-order valence-corrected chi connectivity index (χ3v) is 4.50. The van der Waals surface area contributed by atoms with Crippen LogP contribution in [-0.4, -0.2) is 24.1 Å². The minimum Gasteiger partial charge on any atom is -0.490 e. The largest absolute Gasteiger partial charge is 0.490 e. The number of aromatic nitrogens is 1.